The first-order valence-corrected chi connectivity index (χ1v) is 6.99. The van der Waals surface area contributed by atoms with Gasteiger partial charge in [-0.05, 0) is 43.0 Å². The van der Waals surface area contributed by atoms with E-state index in [1.165, 1.54) is 6.08 Å². The van der Waals surface area contributed by atoms with Gasteiger partial charge in [0.15, 0.2) is 0 Å². The Morgan fingerprint density at radius 2 is 2.29 bits per heavy atom. The minimum absolute atomic E-state index is 0.0912. The number of carbonyl (C=O) groups excluding carboxylic acids is 1. The molecule has 2 N–H and O–H groups in total. The third-order valence-corrected chi connectivity index (χ3v) is 3.41. The van der Waals surface area contributed by atoms with Crippen molar-refractivity contribution in [2.24, 2.45) is 0 Å². The van der Waals surface area contributed by atoms with E-state index in [4.69, 9.17) is 9.84 Å². The van der Waals surface area contributed by atoms with Gasteiger partial charge in [0.2, 0.25) is 5.91 Å². The molecule has 1 amide bonds. The molecule has 0 spiro atoms. The van der Waals surface area contributed by atoms with Crippen molar-refractivity contribution in [2.75, 3.05) is 6.61 Å². The largest absolute Gasteiger partial charge is 0.478 e. The van der Waals surface area contributed by atoms with Gasteiger partial charge in [0.1, 0.15) is 6.10 Å². The zero-order valence-corrected chi connectivity index (χ0v) is 11.9. The summed E-state index contributed by atoms with van der Waals surface area (Å²) in [6.45, 7) is 2.54. The molecule has 0 aliphatic carbocycles. The Kier molecular flexibility index (Phi) is 5.11. The molecule has 1 saturated heterocycles. The van der Waals surface area contributed by atoms with Crippen molar-refractivity contribution in [3.8, 4) is 0 Å². The van der Waals surface area contributed by atoms with Crippen LogP contribution in [0.25, 0.3) is 6.08 Å². The molecule has 1 aromatic rings. The van der Waals surface area contributed by atoms with E-state index in [-0.39, 0.29) is 18.1 Å². The van der Waals surface area contributed by atoms with Crippen LogP contribution in [0.3, 0.4) is 0 Å². The summed E-state index contributed by atoms with van der Waals surface area (Å²) >= 11 is 0. The second-order valence-corrected chi connectivity index (χ2v) is 5.07. The van der Waals surface area contributed by atoms with E-state index in [0.717, 1.165) is 30.0 Å². The summed E-state index contributed by atoms with van der Waals surface area (Å²) in [5.74, 6) is -1.08. The highest BCUT2D eigenvalue weighted by Gasteiger charge is 2.24. The average molecular weight is 289 g/mol. The maximum atomic E-state index is 12.0. The number of carboxylic acid groups (broad SMARTS) is 1. The van der Waals surface area contributed by atoms with Crippen LogP contribution in [-0.2, 0) is 14.3 Å². The van der Waals surface area contributed by atoms with Crippen molar-refractivity contribution in [3.63, 3.8) is 0 Å². The Morgan fingerprint density at radius 3 is 2.95 bits per heavy atom. The molecule has 2 rings (SSSR count). The van der Waals surface area contributed by atoms with E-state index in [1.54, 1.807) is 0 Å². The van der Waals surface area contributed by atoms with Gasteiger partial charge in [-0.1, -0.05) is 18.2 Å². The molecule has 0 bridgehead atoms. The number of rotatable bonds is 5. The smallest absolute Gasteiger partial charge is 0.328 e. The predicted octanol–water partition coefficient (Wildman–Crippen LogP) is 2.14. The van der Waals surface area contributed by atoms with Gasteiger partial charge in [-0.3, -0.25) is 4.79 Å². The summed E-state index contributed by atoms with van der Waals surface area (Å²) in [6.07, 6.45) is 3.96. The van der Waals surface area contributed by atoms with Gasteiger partial charge in [0.05, 0.1) is 6.04 Å². The van der Waals surface area contributed by atoms with E-state index in [1.807, 2.05) is 31.2 Å². The van der Waals surface area contributed by atoms with Crippen LogP contribution >= 0.6 is 0 Å². The first kappa shape index (κ1) is 15.3. The lowest BCUT2D eigenvalue weighted by molar-refractivity contribution is -0.131. The Hall–Kier alpha value is -2.14. The molecule has 1 aliphatic rings. The Morgan fingerprint density at radius 1 is 1.48 bits per heavy atom. The van der Waals surface area contributed by atoms with Crippen LogP contribution in [0.1, 0.15) is 36.9 Å². The van der Waals surface area contributed by atoms with Gasteiger partial charge in [0.25, 0.3) is 0 Å². The normalized spacial score (nSPS) is 19.6. The molecule has 5 heteroatoms. The zero-order chi connectivity index (χ0) is 15.2. The molecular formula is C16H19NO4. The number of ether oxygens (including phenoxy) is 1. The summed E-state index contributed by atoms with van der Waals surface area (Å²) in [7, 11) is 0. The molecule has 112 valence electrons. The standard InChI is InChI=1S/C16H19NO4/c1-11(17-16(20)14-6-3-9-21-14)13-5-2-4-12(10-13)7-8-15(18)19/h2,4-5,7-8,10-11,14H,3,6,9H2,1H3,(H,17,20)(H,18,19). The molecule has 1 heterocycles. The summed E-state index contributed by atoms with van der Waals surface area (Å²) in [5.41, 5.74) is 1.71. The maximum absolute atomic E-state index is 12.0. The molecular weight excluding hydrogens is 270 g/mol. The molecule has 2 atom stereocenters. The summed E-state index contributed by atoms with van der Waals surface area (Å²) in [6, 6.07) is 7.27. The number of benzene rings is 1. The van der Waals surface area contributed by atoms with Crippen molar-refractivity contribution in [3.05, 3.63) is 41.5 Å². The topological polar surface area (TPSA) is 75.6 Å². The highest BCUT2D eigenvalue weighted by atomic mass is 16.5. The minimum atomic E-state index is -0.986. The Balaban J connectivity index is 2.01. The van der Waals surface area contributed by atoms with E-state index >= 15 is 0 Å². The third kappa shape index (κ3) is 4.43. The van der Waals surface area contributed by atoms with Gasteiger partial charge in [-0.25, -0.2) is 4.79 Å². The number of amides is 1. The fraction of sp³-hybridized carbons (Fsp3) is 0.375. The van der Waals surface area contributed by atoms with Gasteiger partial charge < -0.3 is 15.2 Å². The Bertz CT molecular complexity index is 547. The van der Waals surface area contributed by atoms with Crippen molar-refractivity contribution >= 4 is 18.0 Å². The molecule has 5 nitrogen and oxygen atoms in total. The van der Waals surface area contributed by atoms with Gasteiger partial charge in [0, 0.05) is 12.7 Å². The van der Waals surface area contributed by atoms with Crippen LogP contribution in [-0.4, -0.2) is 29.7 Å². The van der Waals surface area contributed by atoms with Crippen molar-refractivity contribution in [2.45, 2.75) is 31.9 Å². The van der Waals surface area contributed by atoms with E-state index < -0.39 is 5.97 Å². The highest BCUT2D eigenvalue weighted by molar-refractivity contribution is 5.85. The zero-order valence-electron chi connectivity index (χ0n) is 11.9. The molecule has 1 fully saturated rings. The summed E-state index contributed by atoms with van der Waals surface area (Å²) in [5, 5.41) is 11.6. The lowest BCUT2D eigenvalue weighted by Crippen LogP contribution is -2.35. The third-order valence-electron chi connectivity index (χ3n) is 3.41. The monoisotopic (exact) mass is 289 g/mol. The lowest BCUT2D eigenvalue weighted by Gasteiger charge is -2.17. The van der Waals surface area contributed by atoms with Crippen LogP contribution in [0, 0.1) is 0 Å². The van der Waals surface area contributed by atoms with Crippen molar-refractivity contribution in [1.82, 2.24) is 5.32 Å². The van der Waals surface area contributed by atoms with Crippen molar-refractivity contribution < 1.29 is 19.4 Å². The highest BCUT2D eigenvalue weighted by Crippen LogP contribution is 2.17. The van der Waals surface area contributed by atoms with Crippen molar-refractivity contribution in [1.29, 1.82) is 0 Å². The fourth-order valence-corrected chi connectivity index (χ4v) is 2.27. The SMILES string of the molecule is CC(NC(=O)C1CCCO1)c1cccc(C=CC(=O)O)c1. The number of hydrogen-bond acceptors (Lipinski definition) is 3. The summed E-state index contributed by atoms with van der Waals surface area (Å²) in [4.78, 5) is 22.5. The Labute approximate surface area is 123 Å². The molecule has 0 saturated carbocycles. The number of nitrogens with one attached hydrogen (secondary N) is 1. The van der Waals surface area contributed by atoms with Crippen LogP contribution in [0.5, 0.6) is 0 Å². The van der Waals surface area contributed by atoms with E-state index in [9.17, 15) is 9.59 Å². The number of carboxylic acids is 1. The summed E-state index contributed by atoms with van der Waals surface area (Å²) < 4.78 is 5.35. The van der Waals surface area contributed by atoms with Crippen LogP contribution < -0.4 is 5.32 Å². The fourth-order valence-electron chi connectivity index (χ4n) is 2.27. The lowest BCUT2D eigenvalue weighted by atomic mass is 10.0. The molecule has 1 aromatic carbocycles. The predicted molar refractivity (Wildman–Crippen MR) is 78.6 cm³/mol. The average Bonchev–Trinajstić information content (AvgIpc) is 2.99. The van der Waals surface area contributed by atoms with Crippen LogP contribution in [0.4, 0.5) is 0 Å². The minimum Gasteiger partial charge on any atom is -0.478 e. The first-order valence-electron chi connectivity index (χ1n) is 6.99. The molecule has 2 unspecified atom stereocenters. The second-order valence-electron chi connectivity index (χ2n) is 5.07. The number of carbonyl (C=O) groups is 2. The second kappa shape index (κ2) is 7.04. The van der Waals surface area contributed by atoms with E-state index in [0.29, 0.717) is 6.61 Å². The van der Waals surface area contributed by atoms with Crippen LogP contribution in [0.2, 0.25) is 0 Å². The van der Waals surface area contributed by atoms with Gasteiger partial charge in [-0.2, -0.15) is 0 Å². The number of aliphatic carboxylic acids is 1. The molecule has 0 aromatic heterocycles. The molecule has 0 radical (unpaired) electrons. The van der Waals surface area contributed by atoms with Gasteiger partial charge in [-0.15, -0.1) is 0 Å². The number of hydrogen-bond donors (Lipinski definition) is 2. The maximum Gasteiger partial charge on any atom is 0.328 e. The molecule has 1 aliphatic heterocycles. The van der Waals surface area contributed by atoms with E-state index in [2.05, 4.69) is 5.32 Å². The quantitative estimate of drug-likeness (QED) is 0.814. The van der Waals surface area contributed by atoms with Crippen LogP contribution in [0.15, 0.2) is 30.3 Å². The first-order chi connectivity index (χ1) is 10.1. The molecule has 21 heavy (non-hydrogen) atoms. The van der Waals surface area contributed by atoms with Gasteiger partial charge >= 0.3 is 5.97 Å².